The molecule has 0 aliphatic rings. The molecule has 0 unspecified atom stereocenters. The van der Waals surface area contributed by atoms with E-state index in [4.69, 9.17) is 16.9 Å². The summed E-state index contributed by atoms with van der Waals surface area (Å²) in [5.74, 6) is 0. The normalized spacial score (nSPS) is 10.9. The van der Waals surface area contributed by atoms with Gasteiger partial charge in [-0.25, -0.2) is 13.1 Å². The molecule has 0 aliphatic heterocycles. The Hall–Kier alpha value is -2.67. The lowest BCUT2D eigenvalue weighted by Crippen LogP contribution is -2.29. The van der Waals surface area contributed by atoms with E-state index in [0.29, 0.717) is 5.69 Å². The number of nitrogens with one attached hydrogen (secondary N) is 2. The summed E-state index contributed by atoms with van der Waals surface area (Å²) in [6.45, 7) is 0.373. The highest BCUT2D eigenvalue weighted by molar-refractivity contribution is 7.89. The van der Waals surface area contributed by atoms with Gasteiger partial charge in [0, 0.05) is 30.9 Å². The molecule has 2 rings (SSSR count). The first kappa shape index (κ1) is 18.7. The SMILES string of the molecule is N#Cc1ccc(S(=O)(=O)NCCNc2ccc([N+](=O)[O-])cc2)cc1Cl. The van der Waals surface area contributed by atoms with Gasteiger partial charge >= 0.3 is 0 Å². The zero-order chi connectivity index (χ0) is 18.4. The largest absolute Gasteiger partial charge is 0.384 e. The van der Waals surface area contributed by atoms with Crippen LogP contribution in [-0.4, -0.2) is 26.4 Å². The summed E-state index contributed by atoms with van der Waals surface area (Å²) in [7, 11) is -3.75. The molecule has 0 spiro atoms. The van der Waals surface area contributed by atoms with Crippen LogP contribution in [0.1, 0.15) is 5.56 Å². The summed E-state index contributed by atoms with van der Waals surface area (Å²) in [6.07, 6.45) is 0. The van der Waals surface area contributed by atoms with Crippen LogP contribution in [0.15, 0.2) is 47.4 Å². The van der Waals surface area contributed by atoms with Gasteiger partial charge in [0.05, 0.1) is 20.4 Å². The second-order valence-corrected chi connectivity index (χ2v) is 7.06. The Morgan fingerprint density at radius 3 is 2.40 bits per heavy atom. The zero-order valence-electron chi connectivity index (χ0n) is 12.8. The van der Waals surface area contributed by atoms with Crippen molar-refractivity contribution < 1.29 is 13.3 Å². The lowest BCUT2D eigenvalue weighted by molar-refractivity contribution is -0.384. The molecule has 0 aliphatic carbocycles. The molecule has 0 fully saturated rings. The van der Waals surface area contributed by atoms with Crippen LogP contribution >= 0.6 is 11.6 Å². The fourth-order valence-corrected chi connectivity index (χ4v) is 3.28. The standard InChI is InChI=1S/C15H13ClN4O4S/c16-15-9-14(6-1-11(15)10-17)25(23,24)19-8-7-18-12-2-4-13(5-3-12)20(21)22/h1-6,9,18-19H,7-8H2. The van der Waals surface area contributed by atoms with Crippen molar-refractivity contribution in [2.75, 3.05) is 18.4 Å². The maximum atomic E-state index is 12.2. The average Bonchev–Trinajstić information content (AvgIpc) is 2.59. The van der Waals surface area contributed by atoms with Crippen molar-refractivity contribution >= 4 is 33.0 Å². The van der Waals surface area contributed by atoms with Gasteiger partial charge in [0.2, 0.25) is 10.0 Å². The molecule has 10 heteroatoms. The molecule has 2 N–H and O–H groups in total. The molecule has 0 atom stereocenters. The molecule has 8 nitrogen and oxygen atoms in total. The van der Waals surface area contributed by atoms with Crippen molar-refractivity contribution in [2.24, 2.45) is 0 Å². The predicted molar refractivity (Wildman–Crippen MR) is 92.9 cm³/mol. The van der Waals surface area contributed by atoms with Crippen molar-refractivity contribution in [3.05, 3.63) is 63.2 Å². The molecule has 130 valence electrons. The third kappa shape index (κ3) is 4.90. The predicted octanol–water partition coefficient (Wildman–Crippen LogP) is 2.51. The molecule has 0 amide bonds. The number of hydrogen-bond donors (Lipinski definition) is 2. The van der Waals surface area contributed by atoms with Crippen LogP contribution < -0.4 is 10.0 Å². The van der Waals surface area contributed by atoms with E-state index in [1.54, 1.807) is 0 Å². The first-order chi connectivity index (χ1) is 11.8. The Morgan fingerprint density at radius 1 is 1.16 bits per heavy atom. The van der Waals surface area contributed by atoms with Crippen molar-refractivity contribution in [1.82, 2.24) is 4.72 Å². The molecule has 25 heavy (non-hydrogen) atoms. The van der Waals surface area contributed by atoms with Gasteiger partial charge in [0.15, 0.2) is 0 Å². The Morgan fingerprint density at radius 2 is 1.84 bits per heavy atom. The minimum Gasteiger partial charge on any atom is -0.384 e. The van der Waals surface area contributed by atoms with E-state index < -0.39 is 14.9 Å². The number of nitro benzene ring substituents is 1. The van der Waals surface area contributed by atoms with Gasteiger partial charge in [-0.05, 0) is 30.3 Å². The van der Waals surface area contributed by atoms with Gasteiger partial charge in [-0.15, -0.1) is 0 Å². The average molecular weight is 381 g/mol. The fourth-order valence-electron chi connectivity index (χ4n) is 1.93. The van der Waals surface area contributed by atoms with E-state index in [1.807, 2.05) is 6.07 Å². The van der Waals surface area contributed by atoms with E-state index in [2.05, 4.69) is 10.0 Å². The molecular formula is C15H13ClN4O4S. The van der Waals surface area contributed by atoms with Crippen LogP contribution in [-0.2, 0) is 10.0 Å². The monoisotopic (exact) mass is 380 g/mol. The first-order valence-electron chi connectivity index (χ1n) is 7.01. The Bertz CT molecular complexity index is 924. The zero-order valence-corrected chi connectivity index (χ0v) is 14.3. The Kier molecular flexibility index (Phi) is 5.93. The van der Waals surface area contributed by atoms with Gasteiger partial charge in [-0.1, -0.05) is 11.6 Å². The van der Waals surface area contributed by atoms with E-state index >= 15 is 0 Å². The molecule has 0 saturated carbocycles. The molecule has 2 aromatic rings. The van der Waals surface area contributed by atoms with Gasteiger partial charge in [0.25, 0.3) is 5.69 Å². The second kappa shape index (κ2) is 7.94. The molecule has 0 saturated heterocycles. The van der Waals surface area contributed by atoms with Crippen LogP contribution in [0.25, 0.3) is 0 Å². The third-order valence-corrected chi connectivity index (χ3v) is 4.97. The molecular weight excluding hydrogens is 368 g/mol. The Balaban J connectivity index is 1.91. The minimum atomic E-state index is -3.75. The second-order valence-electron chi connectivity index (χ2n) is 4.88. The third-order valence-electron chi connectivity index (χ3n) is 3.20. The van der Waals surface area contributed by atoms with Crippen LogP contribution in [0.3, 0.4) is 0 Å². The summed E-state index contributed by atoms with van der Waals surface area (Å²) >= 11 is 5.84. The van der Waals surface area contributed by atoms with E-state index in [9.17, 15) is 18.5 Å². The van der Waals surface area contributed by atoms with E-state index in [0.717, 1.165) is 0 Å². The number of nitrogens with zero attached hydrogens (tertiary/aromatic N) is 2. The Labute approximate surface area is 149 Å². The number of nitro groups is 1. The molecule has 2 aromatic carbocycles. The van der Waals surface area contributed by atoms with E-state index in [-0.39, 0.29) is 34.3 Å². The van der Waals surface area contributed by atoms with Gasteiger partial charge in [0.1, 0.15) is 6.07 Å². The van der Waals surface area contributed by atoms with Gasteiger partial charge < -0.3 is 5.32 Å². The quantitative estimate of drug-likeness (QED) is 0.432. The summed E-state index contributed by atoms with van der Waals surface area (Å²) in [6, 6.07) is 11.5. The lowest BCUT2D eigenvalue weighted by Gasteiger charge is -2.09. The van der Waals surface area contributed by atoms with E-state index in [1.165, 1.54) is 42.5 Å². The molecule has 0 radical (unpaired) electrons. The number of rotatable bonds is 7. The summed E-state index contributed by atoms with van der Waals surface area (Å²) in [5.41, 5.74) is 0.801. The molecule has 0 bridgehead atoms. The van der Waals surface area contributed by atoms with Crippen LogP contribution in [0.4, 0.5) is 11.4 Å². The summed E-state index contributed by atoms with van der Waals surface area (Å²) in [4.78, 5) is 10.0. The fraction of sp³-hybridized carbons (Fsp3) is 0.133. The summed E-state index contributed by atoms with van der Waals surface area (Å²) < 4.78 is 26.7. The lowest BCUT2D eigenvalue weighted by atomic mass is 10.2. The van der Waals surface area contributed by atoms with Crippen molar-refractivity contribution in [3.8, 4) is 6.07 Å². The number of hydrogen-bond acceptors (Lipinski definition) is 6. The highest BCUT2D eigenvalue weighted by atomic mass is 35.5. The number of non-ortho nitro benzene ring substituents is 1. The van der Waals surface area contributed by atoms with Gasteiger partial charge in [-0.2, -0.15) is 5.26 Å². The maximum Gasteiger partial charge on any atom is 0.269 e. The highest BCUT2D eigenvalue weighted by Crippen LogP contribution is 2.20. The first-order valence-corrected chi connectivity index (χ1v) is 8.87. The summed E-state index contributed by atoms with van der Waals surface area (Å²) in [5, 5.41) is 22.4. The van der Waals surface area contributed by atoms with Gasteiger partial charge in [-0.3, -0.25) is 10.1 Å². The van der Waals surface area contributed by atoms with Crippen LogP contribution in [0, 0.1) is 21.4 Å². The minimum absolute atomic E-state index is 0.0241. The number of halogens is 1. The number of benzene rings is 2. The topological polar surface area (TPSA) is 125 Å². The molecule has 0 aromatic heterocycles. The smallest absolute Gasteiger partial charge is 0.269 e. The van der Waals surface area contributed by atoms with Crippen molar-refractivity contribution in [1.29, 1.82) is 5.26 Å². The maximum absolute atomic E-state index is 12.2. The van der Waals surface area contributed by atoms with Crippen molar-refractivity contribution in [2.45, 2.75) is 4.90 Å². The van der Waals surface area contributed by atoms with Crippen LogP contribution in [0.5, 0.6) is 0 Å². The highest BCUT2D eigenvalue weighted by Gasteiger charge is 2.15. The molecule has 0 heterocycles. The number of anilines is 1. The van der Waals surface area contributed by atoms with Crippen molar-refractivity contribution in [3.63, 3.8) is 0 Å². The number of sulfonamides is 1. The van der Waals surface area contributed by atoms with Crippen LogP contribution in [0.2, 0.25) is 5.02 Å². The number of nitriles is 1.